The van der Waals surface area contributed by atoms with Crippen molar-refractivity contribution >= 4 is 0 Å². The van der Waals surface area contributed by atoms with Crippen molar-refractivity contribution < 1.29 is 5.11 Å². The van der Waals surface area contributed by atoms with Crippen LogP contribution in [0.3, 0.4) is 0 Å². The molecule has 3 atom stereocenters. The van der Waals surface area contributed by atoms with Gasteiger partial charge >= 0.3 is 0 Å². The number of hydrogen-bond donors (Lipinski definition) is 2. The molecule has 0 aliphatic carbocycles. The lowest BCUT2D eigenvalue weighted by molar-refractivity contribution is 0.0187. The predicted molar refractivity (Wildman–Crippen MR) is 145 cm³/mol. The molecule has 0 aliphatic heterocycles. The van der Waals surface area contributed by atoms with Crippen molar-refractivity contribution in [2.24, 2.45) is 5.73 Å². The van der Waals surface area contributed by atoms with Crippen molar-refractivity contribution in [3.8, 4) is 0 Å². The largest absolute Gasteiger partial charge is 0.391 e. The van der Waals surface area contributed by atoms with Crippen LogP contribution < -0.4 is 5.73 Å². The van der Waals surface area contributed by atoms with Crippen LogP contribution in [-0.2, 0) is 19.5 Å². The van der Waals surface area contributed by atoms with E-state index in [1.807, 2.05) is 36.4 Å². The van der Waals surface area contributed by atoms with Gasteiger partial charge in [-0.3, -0.25) is 4.90 Å². The van der Waals surface area contributed by atoms with Crippen molar-refractivity contribution in [3.63, 3.8) is 0 Å². The van der Waals surface area contributed by atoms with Crippen LogP contribution >= 0.6 is 0 Å². The van der Waals surface area contributed by atoms with E-state index in [0.29, 0.717) is 6.42 Å². The Hall–Kier alpha value is -3.24. The molecule has 0 fully saturated rings. The van der Waals surface area contributed by atoms with E-state index in [1.54, 1.807) is 0 Å². The van der Waals surface area contributed by atoms with Crippen molar-refractivity contribution in [2.75, 3.05) is 0 Å². The highest BCUT2D eigenvalue weighted by molar-refractivity contribution is 5.23. The predicted octanol–water partition coefficient (Wildman–Crippen LogP) is 6.14. The molecule has 0 radical (unpaired) electrons. The number of aliphatic hydroxyl groups excluding tert-OH is 1. The molecule has 0 bridgehead atoms. The molecule has 4 aromatic rings. The fraction of sp³-hybridized carbons (Fsp3) is 0.250. The third-order valence-electron chi connectivity index (χ3n) is 6.63. The molecule has 4 aromatic carbocycles. The summed E-state index contributed by atoms with van der Waals surface area (Å²) >= 11 is 0. The Bertz CT molecular complexity index is 1060. The molecule has 0 saturated carbocycles. The van der Waals surface area contributed by atoms with Gasteiger partial charge < -0.3 is 10.8 Å². The summed E-state index contributed by atoms with van der Waals surface area (Å²) in [6.07, 6.45) is 2.00. The summed E-state index contributed by atoms with van der Waals surface area (Å²) in [6.45, 7) is 1.44. The monoisotopic (exact) mass is 464 g/mol. The maximum absolute atomic E-state index is 11.6. The van der Waals surface area contributed by atoms with Gasteiger partial charge in [-0.15, -0.1) is 0 Å². The first-order valence-electron chi connectivity index (χ1n) is 12.5. The van der Waals surface area contributed by atoms with Crippen LogP contribution in [0.1, 0.15) is 41.1 Å². The third-order valence-corrected chi connectivity index (χ3v) is 6.63. The average Bonchev–Trinajstić information content (AvgIpc) is 2.91. The number of benzene rings is 4. The Morgan fingerprint density at radius 2 is 1.03 bits per heavy atom. The molecule has 0 aliphatic rings. The maximum Gasteiger partial charge on any atom is 0.0714 e. The summed E-state index contributed by atoms with van der Waals surface area (Å²) in [7, 11) is 0. The number of aliphatic hydroxyl groups is 1. The van der Waals surface area contributed by atoms with Gasteiger partial charge in [-0.1, -0.05) is 121 Å². The zero-order valence-corrected chi connectivity index (χ0v) is 20.3. The molecular formula is C32H36N2O. The second-order valence-corrected chi connectivity index (χ2v) is 9.25. The van der Waals surface area contributed by atoms with Crippen molar-refractivity contribution in [2.45, 2.75) is 50.5 Å². The first-order chi connectivity index (χ1) is 17.2. The zero-order valence-electron chi connectivity index (χ0n) is 20.3. The first-order valence-corrected chi connectivity index (χ1v) is 12.5. The SMILES string of the molecule is NC(c1ccccc1)[C@@H]([C@@H](O)CCCc1ccccc1)N(Cc1ccccc1)Cc1ccccc1. The van der Waals surface area contributed by atoms with E-state index in [4.69, 9.17) is 5.73 Å². The molecular weight excluding hydrogens is 428 g/mol. The highest BCUT2D eigenvalue weighted by Gasteiger charge is 2.32. The second kappa shape index (κ2) is 13.0. The normalized spacial score (nSPS) is 13.9. The molecule has 180 valence electrons. The Labute approximate surface area is 209 Å². The number of hydrogen-bond acceptors (Lipinski definition) is 3. The minimum Gasteiger partial charge on any atom is -0.391 e. The van der Waals surface area contributed by atoms with Crippen LogP contribution in [0.25, 0.3) is 0 Å². The van der Waals surface area contributed by atoms with E-state index in [2.05, 4.69) is 89.8 Å². The minimum absolute atomic E-state index is 0.228. The van der Waals surface area contributed by atoms with Gasteiger partial charge in [0.2, 0.25) is 0 Å². The van der Waals surface area contributed by atoms with Crippen molar-refractivity contribution in [1.29, 1.82) is 0 Å². The summed E-state index contributed by atoms with van der Waals surface area (Å²) in [6, 6.07) is 41.0. The summed E-state index contributed by atoms with van der Waals surface area (Å²) in [5, 5.41) is 11.6. The first kappa shape index (κ1) is 24.9. The molecule has 3 N–H and O–H groups in total. The van der Waals surface area contributed by atoms with Crippen LogP contribution in [0.5, 0.6) is 0 Å². The highest BCUT2D eigenvalue weighted by Crippen LogP contribution is 2.27. The number of rotatable bonds is 12. The van der Waals surface area contributed by atoms with Crippen LogP contribution in [0, 0.1) is 0 Å². The van der Waals surface area contributed by atoms with Crippen molar-refractivity contribution in [1.82, 2.24) is 4.90 Å². The molecule has 3 heteroatoms. The van der Waals surface area contributed by atoms with Gasteiger partial charge in [-0.2, -0.15) is 0 Å². The Morgan fingerprint density at radius 1 is 0.600 bits per heavy atom. The molecule has 3 nitrogen and oxygen atoms in total. The standard InChI is InChI=1S/C32H36N2O/c33-31(29-21-11-4-12-22-29)32(30(35)23-13-20-26-14-5-1-6-15-26)34(24-27-16-7-2-8-17-27)25-28-18-9-3-10-19-28/h1-12,14-19,21-22,30-32,35H,13,20,23-25,33H2/t30-,31?,32+/m0/s1. The van der Waals surface area contributed by atoms with Gasteiger partial charge in [0, 0.05) is 19.1 Å². The molecule has 35 heavy (non-hydrogen) atoms. The number of nitrogens with zero attached hydrogens (tertiary/aromatic N) is 1. The van der Waals surface area contributed by atoms with Gasteiger partial charge in [0.15, 0.2) is 0 Å². The maximum atomic E-state index is 11.6. The smallest absolute Gasteiger partial charge is 0.0714 e. The van der Waals surface area contributed by atoms with Crippen LogP contribution in [0.2, 0.25) is 0 Å². The van der Waals surface area contributed by atoms with Gasteiger partial charge in [0.05, 0.1) is 12.1 Å². The zero-order chi connectivity index (χ0) is 24.3. The van der Waals surface area contributed by atoms with Gasteiger partial charge in [0.25, 0.3) is 0 Å². The molecule has 0 saturated heterocycles. The van der Waals surface area contributed by atoms with E-state index >= 15 is 0 Å². The molecule has 0 heterocycles. The molecule has 1 unspecified atom stereocenters. The molecule has 0 spiro atoms. The number of nitrogens with two attached hydrogens (primary N) is 1. The van der Waals surface area contributed by atoms with Gasteiger partial charge in [0.1, 0.15) is 0 Å². The third kappa shape index (κ3) is 7.37. The van der Waals surface area contributed by atoms with E-state index < -0.39 is 6.10 Å². The highest BCUT2D eigenvalue weighted by atomic mass is 16.3. The Morgan fingerprint density at radius 3 is 1.51 bits per heavy atom. The topological polar surface area (TPSA) is 49.5 Å². The summed E-state index contributed by atoms with van der Waals surface area (Å²) < 4.78 is 0. The fourth-order valence-electron chi connectivity index (χ4n) is 4.82. The van der Waals surface area contributed by atoms with E-state index in [-0.39, 0.29) is 12.1 Å². The van der Waals surface area contributed by atoms with E-state index in [9.17, 15) is 5.11 Å². The van der Waals surface area contributed by atoms with Crippen LogP contribution in [0.15, 0.2) is 121 Å². The minimum atomic E-state index is -0.554. The molecule has 0 aromatic heterocycles. The summed E-state index contributed by atoms with van der Waals surface area (Å²) in [5.74, 6) is 0. The second-order valence-electron chi connectivity index (χ2n) is 9.25. The van der Waals surface area contributed by atoms with Crippen molar-refractivity contribution in [3.05, 3.63) is 144 Å². The van der Waals surface area contributed by atoms with E-state index in [0.717, 1.165) is 31.5 Å². The lowest BCUT2D eigenvalue weighted by Gasteiger charge is -2.39. The Kier molecular flexibility index (Phi) is 9.24. The van der Waals surface area contributed by atoms with Gasteiger partial charge in [-0.25, -0.2) is 0 Å². The van der Waals surface area contributed by atoms with Crippen LogP contribution in [-0.4, -0.2) is 22.2 Å². The quantitative estimate of drug-likeness (QED) is 0.265. The molecule has 4 rings (SSSR count). The fourth-order valence-corrected chi connectivity index (χ4v) is 4.82. The van der Waals surface area contributed by atoms with Gasteiger partial charge in [-0.05, 0) is 41.5 Å². The molecule has 0 amide bonds. The van der Waals surface area contributed by atoms with E-state index in [1.165, 1.54) is 16.7 Å². The lowest BCUT2D eigenvalue weighted by Crippen LogP contribution is -2.49. The lowest BCUT2D eigenvalue weighted by atomic mass is 9.90. The Balaban J connectivity index is 1.60. The summed E-state index contributed by atoms with van der Waals surface area (Å²) in [4.78, 5) is 2.36. The number of aryl methyl sites for hydroxylation is 1. The summed E-state index contributed by atoms with van der Waals surface area (Å²) in [5.41, 5.74) is 11.7. The average molecular weight is 465 g/mol. The van der Waals surface area contributed by atoms with Crippen LogP contribution in [0.4, 0.5) is 0 Å².